The van der Waals surface area contributed by atoms with Crippen LogP contribution in [0.4, 0.5) is 11.5 Å². The molecule has 2 fully saturated rings. The van der Waals surface area contributed by atoms with Gasteiger partial charge in [0.05, 0.1) is 18.8 Å². The molecule has 0 bridgehead atoms. The molecule has 0 saturated carbocycles. The molecule has 0 aliphatic carbocycles. The number of ether oxygens (including phenoxy) is 2. The van der Waals surface area contributed by atoms with Gasteiger partial charge in [-0.15, -0.1) is 0 Å². The summed E-state index contributed by atoms with van der Waals surface area (Å²) in [4.78, 5) is 21.6. The zero-order valence-electron chi connectivity index (χ0n) is 16.6. The van der Waals surface area contributed by atoms with E-state index in [1.807, 2.05) is 50.2 Å². The number of rotatable bonds is 4. The summed E-state index contributed by atoms with van der Waals surface area (Å²) in [6.45, 7) is 7.67. The molecule has 0 radical (unpaired) electrons. The number of piperidine rings is 1. The normalized spacial score (nSPS) is 18.4. The van der Waals surface area contributed by atoms with Gasteiger partial charge in [0, 0.05) is 44.4 Å². The predicted octanol–water partition coefficient (Wildman–Crippen LogP) is 3.40. The number of amides is 1. The Kier molecular flexibility index (Phi) is 5.33. The molecule has 1 spiro atoms. The van der Waals surface area contributed by atoms with Crippen molar-refractivity contribution in [2.75, 3.05) is 42.6 Å². The van der Waals surface area contributed by atoms with E-state index in [4.69, 9.17) is 9.47 Å². The SMILES string of the molecule is CCN(C(=O)c1ccc(N2CCC3(CC2)OCCO3)nc1)c1cccc(C)c1. The molecule has 2 aliphatic heterocycles. The molecule has 0 atom stereocenters. The first-order valence-corrected chi connectivity index (χ1v) is 9.98. The Bertz CT molecular complexity index is 821. The molecule has 2 saturated heterocycles. The lowest BCUT2D eigenvalue weighted by atomic mass is 10.0. The van der Waals surface area contributed by atoms with Crippen molar-refractivity contribution in [1.82, 2.24) is 4.98 Å². The molecule has 148 valence electrons. The fourth-order valence-electron chi connectivity index (χ4n) is 3.96. The first kappa shape index (κ1) is 18.9. The zero-order valence-corrected chi connectivity index (χ0v) is 16.6. The summed E-state index contributed by atoms with van der Waals surface area (Å²) in [5, 5.41) is 0. The van der Waals surface area contributed by atoms with Crippen molar-refractivity contribution in [1.29, 1.82) is 0 Å². The Labute approximate surface area is 166 Å². The monoisotopic (exact) mass is 381 g/mol. The average molecular weight is 381 g/mol. The third kappa shape index (κ3) is 3.75. The smallest absolute Gasteiger partial charge is 0.259 e. The summed E-state index contributed by atoms with van der Waals surface area (Å²) >= 11 is 0. The first-order valence-electron chi connectivity index (χ1n) is 9.98. The average Bonchev–Trinajstić information content (AvgIpc) is 3.17. The molecule has 28 heavy (non-hydrogen) atoms. The minimum absolute atomic E-state index is 0.0301. The molecule has 1 aromatic carbocycles. The Morgan fingerprint density at radius 2 is 1.93 bits per heavy atom. The van der Waals surface area contributed by atoms with Crippen LogP contribution in [-0.4, -0.2) is 49.5 Å². The highest BCUT2D eigenvalue weighted by molar-refractivity contribution is 6.06. The van der Waals surface area contributed by atoms with Crippen LogP contribution in [0.25, 0.3) is 0 Å². The van der Waals surface area contributed by atoms with Gasteiger partial charge < -0.3 is 19.3 Å². The number of hydrogen-bond donors (Lipinski definition) is 0. The second-order valence-corrected chi connectivity index (χ2v) is 7.39. The number of hydrogen-bond acceptors (Lipinski definition) is 5. The third-order valence-corrected chi connectivity index (χ3v) is 5.53. The largest absolute Gasteiger partial charge is 0.356 e. The minimum Gasteiger partial charge on any atom is -0.356 e. The standard InChI is InChI=1S/C22H27N3O3/c1-3-25(19-6-4-5-17(2)15-19)21(26)18-7-8-20(23-16-18)24-11-9-22(10-12-24)27-13-14-28-22/h4-8,15-16H,3,9-14H2,1-2H3. The number of carbonyl (C=O) groups is 1. The number of benzene rings is 1. The van der Waals surface area contributed by atoms with E-state index in [2.05, 4.69) is 9.88 Å². The molecule has 0 N–H and O–H groups in total. The molecule has 6 heteroatoms. The van der Waals surface area contributed by atoms with E-state index < -0.39 is 0 Å². The maximum atomic E-state index is 13.0. The molecule has 3 heterocycles. The lowest BCUT2D eigenvalue weighted by Gasteiger charge is -2.38. The lowest BCUT2D eigenvalue weighted by molar-refractivity contribution is -0.169. The molecule has 2 aromatic rings. The van der Waals surface area contributed by atoms with Gasteiger partial charge in [0.25, 0.3) is 5.91 Å². The van der Waals surface area contributed by atoms with Crippen LogP contribution in [0, 0.1) is 6.92 Å². The van der Waals surface area contributed by atoms with Crippen LogP contribution in [-0.2, 0) is 9.47 Å². The van der Waals surface area contributed by atoms with Gasteiger partial charge in [0.2, 0.25) is 0 Å². The summed E-state index contributed by atoms with van der Waals surface area (Å²) in [6, 6.07) is 11.8. The van der Waals surface area contributed by atoms with Gasteiger partial charge in [-0.25, -0.2) is 4.98 Å². The van der Waals surface area contributed by atoms with E-state index in [0.29, 0.717) is 25.3 Å². The van der Waals surface area contributed by atoms with Crippen molar-refractivity contribution in [2.45, 2.75) is 32.5 Å². The van der Waals surface area contributed by atoms with Crippen LogP contribution in [0.3, 0.4) is 0 Å². The summed E-state index contributed by atoms with van der Waals surface area (Å²) in [7, 11) is 0. The topological polar surface area (TPSA) is 54.9 Å². The van der Waals surface area contributed by atoms with E-state index in [-0.39, 0.29) is 11.7 Å². The third-order valence-electron chi connectivity index (χ3n) is 5.53. The van der Waals surface area contributed by atoms with Crippen molar-refractivity contribution in [3.63, 3.8) is 0 Å². The van der Waals surface area contributed by atoms with Crippen LogP contribution in [0.15, 0.2) is 42.6 Å². The second-order valence-electron chi connectivity index (χ2n) is 7.39. The molecule has 0 unspecified atom stereocenters. The quantitative estimate of drug-likeness (QED) is 0.812. The number of pyridine rings is 1. The first-order chi connectivity index (χ1) is 13.6. The summed E-state index contributed by atoms with van der Waals surface area (Å²) < 4.78 is 11.6. The highest BCUT2D eigenvalue weighted by Crippen LogP contribution is 2.32. The van der Waals surface area contributed by atoms with E-state index in [1.54, 1.807) is 11.1 Å². The van der Waals surface area contributed by atoms with Crippen LogP contribution in [0.5, 0.6) is 0 Å². The summed E-state index contributed by atoms with van der Waals surface area (Å²) in [6.07, 6.45) is 3.36. The van der Waals surface area contributed by atoms with Crippen molar-refractivity contribution in [3.05, 3.63) is 53.7 Å². The Morgan fingerprint density at radius 3 is 2.54 bits per heavy atom. The summed E-state index contributed by atoms with van der Waals surface area (Å²) in [5.41, 5.74) is 2.65. The fourth-order valence-corrected chi connectivity index (χ4v) is 3.96. The van der Waals surface area contributed by atoms with E-state index >= 15 is 0 Å². The van der Waals surface area contributed by atoms with Gasteiger partial charge in [-0.3, -0.25) is 4.79 Å². The van der Waals surface area contributed by atoms with Crippen molar-refractivity contribution < 1.29 is 14.3 Å². The van der Waals surface area contributed by atoms with Gasteiger partial charge in [-0.1, -0.05) is 12.1 Å². The molecular formula is C22H27N3O3. The number of anilines is 2. The van der Waals surface area contributed by atoms with Crippen molar-refractivity contribution in [2.24, 2.45) is 0 Å². The van der Waals surface area contributed by atoms with Gasteiger partial charge in [0.1, 0.15) is 5.82 Å². The number of aryl methyl sites for hydroxylation is 1. The van der Waals surface area contributed by atoms with Crippen LogP contribution in [0.2, 0.25) is 0 Å². The van der Waals surface area contributed by atoms with Gasteiger partial charge >= 0.3 is 0 Å². The molecule has 4 rings (SSSR count). The fraction of sp³-hybridized carbons (Fsp3) is 0.455. The number of nitrogens with zero attached hydrogens (tertiary/aromatic N) is 3. The van der Waals surface area contributed by atoms with Gasteiger partial charge in [-0.2, -0.15) is 0 Å². The van der Waals surface area contributed by atoms with Crippen molar-refractivity contribution in [3.8, 4) is 0 Å². The van der Waals surface area contributed by atoms with Crippen molar-refractivity contribution >= 4 is 17.4 Å². The maximum Gasteiger partial charge on any atom is 0.259 e. The molecule has 1 aromatic heterocycles. The number of aromatic nitrogens is 1. The van der Waals surface area contributed by atoms with Crippen LogP contribution >= 0.6 is 0 Å². The lowest BCUT2D eigenvalue weighted by Crippen LogP contribution is -2.45. The number of carbonyl (C=O) groups excluding carboxylic acids is 1. The van der Waals surface area contributed by atoms with E-state index in [0.717, 1.165) is 43.0 Å². The highest BCUT2D eigenvalue weighted by Gasteiger charge is 2.40. The predicted molar refractivity (Wildman–Crippen MR) is 109 cm³/mol. The Balaban J connectivity index is 1.44. The minimum atomic E-state index is -0.387. The van der Waals surface area contributed by atoms with E-state index in [1.165, 1.54) is 0 Å². The highest BCUT2D eigenvalue weighted by atomic mass is 16.7. The van der Waals surface area contributed by atoms with E-state index in [9.17, 15) is 4.79 Å². The maximum absolute atomic E-state index is 13.0. The molecule has 6 nitrogen and oxygen atoms in total. The molecular weight excluding hydrogens is 354 g/mol. The van der Waals surface area contributed by atoms with Gasteiger partial charge in [-0.05, 0) is 43.7 Å². The Hall–Kier alpha value is -2.44. The van der Waals surface area contributed by atoms with Crippen LogP contribution in [0.1, 0.15) is 35.7 Å². The van der Waals surface area contributed by atoms with Crippen LogP contribution < -0.4 is 9.80 Å². The zero-order chi connectivity index (χ0) is 19.6. The summed E-state index contributed by atoms with van der Waals surface area (Å²) in [5.74, 6) is 0.475. The molecule has 1 amide bonds. The second kappa shape index (κ2) is 7.89. The Morgan fingerprint density at radius 1 is 1.18 bits per heavy atom. The molecule has 2 aliphatic rings. The van der Waals surface area contributed by atoms with Gasteiger partial charge in [0.15, 0.2) is 5.79 Å².